The number of hydrazine groups is 1. The van der Waals surface area contributed by atoms with Gasteiger partial charge in [-0.1, -0.05) is 39.0 Å². The van der Waals surface area contributed by atoms with Gasteiger partial charge in [0.25, 0.3) is 5.91 Å². The molecule has 0 bridgehead atoms. The van der Waals surface area contributed by atoms with Crippen molar-refractivity contribution in [3.63, 3.8) is 0 Å². The summed E-state index contributed by atoms with van der Waals surface area (Å²) in [4.78, 5) is 14.0. The monoisotopic (exact) mass is 241 g/mol. The van der Waals surface area contributed by atoms with Gasteiger partial charge in [0.05, 0.1) is 6.04 Å². The van der Waals surface area contributed by atoms with Crippen molar-refractivity contribution in [2.75, 3.05) is 7.05 Å². The van der Waals surface area contributed by atoms with Crippen LogP contribution in [0, 0.1) is 0 Å². The Hall–Kier alpha value is -0.610. The quantitative estimate of drug-likeness (QED) is 0.334. The molecule has 1 atom stereocenters. The van der Waals surface area contributed by atoms with E-state index in [1.54, 1.807) is 0 Å². The SMILES string of the molecule is CCCC(C(=O)NN)N(C)C1CCCCCC1. The number of carbonyl (C=O) groups excluding carboxylic acids is 1. The fourth-order valence-electron chi connectivity index (χ4n) is 2.81. The molecule has 0 aromatic carbocycles. The zero-order chi connectivity index (χ0) is 12.7. The van der Waals surface area contributed by atoms with Crippen LogP contribution in [0.15, 0.2) is 0 Å². The van der Waals surface area contributed by atoms with Gasteiger partial charge in [-0.05, 0) is 26.3 Å². The molecule has 0 saturated heterocycles. The van der Waals surface area contributed by atoms with Crippen molar-refractivity contribution in [2.45, 2.75) is 70.4 Å². The number of nitrogens with two attached hydrogens (primary N) is 1. The predicted molar refractivity (Wildman–Crippen MR) is 70.3 cm³/mol. The Bertz CT molecular complexity index is 225. The normalized spacial score (nSPS) is 20.0. The summed E-state index contributed by atoms with van der Waals surface area (Å²) in [5.41, 5.74) is 2.30. The van der Waals surface area contributed by atoms with Crippen molar-refractivity contribution in [1.29, 1.82) is 0 Å². The van der Waals surface area contributed by atoms with Crippen LogP contribution in [0.25, 0.3) is 0 Å². The molecule has 0 aromatic heterocycles. The molecule has 1 aliphatic carbocycles. The third-order valence-corrected chi connectivity index (χ3v) is 3.90. The average molecular weight is 241 g/mol. The Morgan fingerprint density at radius 3 is 2.41 bits per heavy atom. The maximum Gasteiger partial charge on any atom is 0.251 e. The summed E-state index contributed by atoms with van der Waals surface area (Å²) in [5.74, 6) is 5.23. The Morgan fingerprint density at radius 1 is 1.35 bits per heavy atom. The molecule has 0 aromatic rings. The molecule has 17 heavy (non-hydrogen) atoms. The third kappa shape index (κ3) is 4.28. The molecule has 4 heteroatoms. The van der Waals surface area contributed by atoms with Crippen LogP contribution in [0.2, 0.25) is 0 Å². The average Bonchev–Trinajstić information content (AvgIpc) is 2.63. The van der Waals surface area contributed by atoms with Gasteiger partial charge in [-0.2, -0.15) is 0 Å². The summed E-state index contributed by atoms with van der Waals surface area (Å²) in [6.45, 7) is 2.11. The summed E-state index contributed by atoms with van der Waals surface area (Å²) in [6.07, 6.45) is 9.59. The lowest BCUT2D eigenvalue weighted by Crippen LogP contribution is -2.51. The van der Waals surface area contributed by atoms with E-state index in [9.17, 15) is 4.79 Å². The number of nitrogens with zero attached hydrogens (tertiary/aromatic N) is 1. The van der Waals surface area contributed by atoms with Gasteiger partial charge in [0.2, 0.25) is 0 Å². The number of rotatable bonds is 5. The van der Waals surface area contributed by atoms with Crippen molar-refractivity contribution in [3.05, 3.63) is 0 Å². The largest absolute Gasteiger partial charge is 0.293 e. The van der Waals surface area contributed by atoms with Crippen LogP contribution >= 0.6 is 0 Å². The molecule has 0 radical (unpaired) electrons. The van der Waals surface area contributed by atoms with Gasteiger partial charge < -0.3 is 0 Å². The molecule has 4 nitrogen and oxygen atoms in total. The van der Waals surface area contributed by atoms with Gasteiger partial charge in [0.15, 0.2) is 0 Å². The maximum absolute atomic E-state index is 11.8. The number of hydrogen-bond acceptors (Lipinski definition) is 3. The Labute approximate surface area is 105 Å². The van der Waals surface area contributed by atoms with Crippen LogP contribution in [0.1, 0.15) is 58.3 Å². The van der Waals surface area contributed by atoms with Crippen LogP contribution in [-0.2, 0) is 4.79 Å². The van der Waals surface area contributed by atoms with Crippen LogP contribution in [-0.4, -0.2) is 29.9 Å². The van der Waals surface area contributed by atoms with Gasteiger partial charge >= 0.3 is 0 Å². The molecule has 100 valence electrons. The van der Waals surface area contributed by atoms with Gasteiger partial charge in [0.1, 0.15) is 0 Å². The number of nitrogens with one attached hydrogen (secondary N) is 1. The molecule has 1 saturated carbocycles. The summed E-state index contributed by atoms with van der Waals surface area (Å²) in [7, 11) is 2.07. The van der Waals surface area contributed by atoms with E-state index in [0.717, 1.165) is 12.8 Å². The summed E-state index contributed by atoms with van der Waals surface area (Å²) in [5, 5.41) is 0. The molecule has 1 rings (SSSR count). The van der Waals surface area contributed by atoms with Crippen molar-refractivity contribution < 1.29 is 4.79 Å². The number of amides is 1. The molecule has 1 amide bonds. The van der Waals surface area contributed by atoms with E-state index in [0.29, 0.717) is 6.04 Å². The van der Waals surface area contributed by atoms with Crippen molar-refractivity contribution in [2.24, 2.45) is 5.84 Å². The molecule has 1 unspecified atom stereocenters. The highest BCUT2D eigenvalue weighted by Crippen LogP contribution is 2.23. The van der Waals surface area contributed by atoms with Gasteiger partial charge in [-0.25, -0.2) is 5.84 Å². The minimum absolute atomic E-state index is 0.0430. The fraction of sp³-hybridized carbons (Fsp3) is 0.923. The van der Waals surface area contributed by atoms with E-state index in [-0.39, 0.29) is 11.9 Å². The first-order valence-corrected chi connectivity index (χ1v) is 6.93. The molecular formula is C13H27N3O. The standard InChI is InChI=1S/C13H27N3O/c1-3-8-12(13(17)15-14)16(2)11-9-6-4-5-7-10-11/h11-12H,3-10,14H2,1-2H3,(H,15,17). The minimum atomic E-state index is -0.0619. The van der Waals surface area contributed by atoms with Crippen LogP contribution in [0.3, 0.4) is 0 Å². The number of likely N-dealkylation sites (N-methyl/N-ethyl adjacent to an activating group) is 1. The smallest absolute Gasteiger partial charge is 0.251 e. The lowest BCUT2D eigenvalue weighted by Gasteiger charge is -2.33. The summed E-state index contributed by atoms with van der Waals surface area (Å²) >= 11 is 0. The predicted octanol–water partition coefficient (Wildman–Crippen LogP) is 1.80. The number of carbonyl (C=O) groups is 1. The Balaban J connectivity index is 2.61. The first-order chi connectivity index (χ1) is 8.20. The van der Waals surface area contributed by atoms with E-state index in [4.69, 9.17) is 5.84 Å². The minimum Gasteiger partial charge on any atom is -0.293 e. The van der Waals surface area contributed by atoms with E-state index < -0.39 is 0 Å². The molecule has 0 spiro atoms. The zero-order valence-electron chi connectivity index (χ0n) is 11.2. The van der Waals surface area contributed by atoms with E-state index in [2.05, 4.69) is 24.3 Å². The first-order valence-electron chi connectivity index (χ1n) is 6.93. The second kappa shape index (κ2) is 7.67. The van der Waals surface area contributed by atoms with Gasteiger partial charge in [-0.15, -0.1) is 0 Å². The topological polar surface area (TPSA) is 58.4 Å². The van der Waals surface area contributed by atoms with Crippen LogP contribution < -0.4 is 11.3 Å². The van der Waals surface area contributed by atoms with E-state index in [1.165, 1.54) is 38.5 Å². The molecule has 3 N–H and O–H groups in total. The highest BCUT2D eigenvalue weighted by atomic mass is 16.2. The first kappa shape index (κ1) is 14.5. The lowest BCUT2D eigenvalue weighted by atomic mass is 10.0. The van der Waals surface area contributed by atoms with Crippen molar-refractivity contribution in [3.8, 4) is 0 Å². The summed E-state index contributed by atoms with van der Waals surface area (Å²) in [6, 6.07) is 0.486. The second-order valence-corrected chi connectivity index (χ2v) is 5.12. The highest BCUT2D eigenvalue weighted by Gasteiger charge is 2.27. The third-order valence-electron chi connectivity index (χ3n) is 3.90. The lowest BCUT2D eigenvalue weighted by molar-refractivity contribution is -0.127. The second-order valence-electron chi connectivity index (χ2n) is 5.12. The van der Waals surface area contributed by atoms with Crippen molar-refractivity contribution in [1.82, 2.24) is 10.3 Å². The Kier molecular flexibility index (Phi) is 6.52. The Morgan fingerprint density at radius 2 is 1.94 bits per heavy atom. The summed E-state index contributed by atoms with van der Waals surface area (Å²) < 4.78 is 0. The van der Waals surface area contributed by atoms with Gasteiger partial charge in [0, 0.05) is 6.04 Å². The van der Waals surface area contributed by atoms with Crippen LogP contribution in [0.5, 0.6) is 0 Å². The van der Waals surface area contributed by atoms with Crippen LogP contribution in [0.4, 0.5) is 0 Å². The molecule has 1 aliphatic rings. The van der Waals surface area contributed by atoms with Gasteiger partial charge in [-0.3, -0.25) is 15.1 Å². The van der Waals surface area contributed by atoms with E-state index >= 15 is 0 Å². The maximum atomic E-state index is 11.8. The molecular weight excluding hydrogens is 214 g/mol. The molecule has 1 fully saturated rings. The molecule has 0 heterocycles. The van der Waals surface area contributed by atoms with E-state index in [1.807, 2.05) is 0 Å². The zero-order valence-corrected chi connectivity index (χ0v) is 11.2. The number of hydrogen-bond donors (Lipinski definition) is 2. The fourth-order valence-corrected chi connectivity index (χ4v) is 2.81. The van der Waals surface area contributed by atoms with Crippen molar-refractivity contribution >= 4 is 5.91 Å². The molecule has 0 aliphatic heterocycles. The highest BCUT2D eigenvalue weighted by molar-refractivity contribution is 5.81.